The Kier molecular flexibility index (Phi) is 2.00. The lowest BCUT2D eigenvalue weighted by Gasteiger charge is -2.08. The molecule has 1 fully saturated rings. The van der Waals surface area contributed by atoms with E-state index in [-0.39, 0.29) is 5.54 Å². The summed E-state index contributed by atoms with van der Waals surface area (Å²) in [5, 5.41) is 0. The van der Waals surface area contributed by atoms with Crippen LogP contribution in [0.15, 0.2) is 27.8 Å². The number of nitrogens with two attached hydrogens (primary N) is 1. The third kappa shape index (κ3) is 1.89. The highest BCUT2D eigenvalue weighted by molar-refractivity contribution is 5.74. The van der Waals surface area contributed by atoms with Crippen molar-refractivity contribution in [2.45, 2.75) is 24.8 Å². The van der Waals surface area contributed by atoms with E-state index in [9.17, 15) is 9.59 Å². The van der Waals surface area contributed by atoms with Gasteiger partial charge in [0.1, 0.15) is 0 Å². The van der Waals surface area contributed by atoms with Crippen molar-refractivity contribution in [2.24, 2.45) is 5.73 Å². The highest BCUT2D eigenvalue weighted by Gasteiger charge is 2.37. The van der Waals surface area contributed by atoms with Gasteiger partial charge in [-0.1, -0.05) is 6.07 Å². The first-order valence-corrected chi connectivity index (χ1v) is 5.60. The number of benzene rings is 1. The second-order valence-electron chi connectivity index (χ2n) is 4.83. The van der Waals surface area contributed by atoms with Gasteiger partial charge < -0.3 is 15.7 Å². The van der Waals surface area contributed by atoms with E-state index in [0.29, 0.717) is 11.0 Å². The molecule has 17 heavy (non-hydrogen) atoms. The Morgan fingerprint density at radius 1 is 1.12 bits per heavy atom. The van der Waals surface area contributed by atoms with Crippen molar-refractivity contribution in [3.05, 3.63) is 44.5 Å². The van der Waals surface area contributed by atoms with Crippen molar-refractivity contribution in [1.82, 2.24) is 9.97 Å². The van der Waals surface area contributed by atoms with Gasteiger partial charge in [0.25, 0.3) is 0 Å². The number of nitrogens with one attached hydrogen (secondary N) is 2. The molecule has 0 spiro atoms. The molecule has 0 atom stereocenters. The van der Waals surface area contributed by atoms with E-state index in [1.54, 1.807) is 6.07 Å². The zero-order valence-electron chi connectivity index (χ0n) is 9.25. The Morgan fingerprint density at radius 2 is 1.76 bits per heavy atom. The minimum Gasteiger partial charge on any atom is -0.325 e. The largest absolute Gasteiger partial charge is 0.325 e. The molecule has 4 N–H and O–H groups in total. The summed E-state index contributed by atoms with van der Waals surface area (Å²) >= 11 is 0. The molecule has 1 aliphatic carbocycles. The molecule has 2 aromatic rings. The topological polar surface area (TPSA) is 91.7 Å². The molecule has 1 saturated carbocycles. The fraction of sp³-hybridized carbons (Fsp3) is 0.333. The number of aromatic nitrogens is 2. The van der Waals surface area contributed by atoms with Gasteiger partial charge >= 0.3 is 11.1 Å². The van der Waals surface area contributed by atoms with Gasteiger partial charge in [-0.15, -0.1) is 0 Å². The fourth-order valence-electron chi connectivity index (χ4n) is 2.02. The molecule has 0 bridgehead atoms. The van der Waals surface area contributed by atoms with Crippen LogP contribution in [-0.2, 0) is 6.42 Å². The average Bonchev–Trinajstić information content (AvgIpc) is 2.98. The van der Waals surface area contributed by atoms with E-state index in [1.165, 1.54) is 0 Å². The second kappa shape index (κ2) is 3.30. The zero-order chi connectivity index (χ0) is 12.0. The molecule has 0 radical (unpaired) electrons. The van der Waals surface area contributed by atoms with Crippen LogP contribution < -0.4 is 16.9 Å². The van der Waals surface area contributed by atoms with E-state index in [4.69, 9.17) is 5.73 Å². The standard InChI is InChI=1S/C12H13N3O2/c13-12(3-4-12)6-7-1-2-8-9(5-7)15-11(17)10(16)14-8/h1-2,5H,3-4,6,13H2,(H,14,16)(H,15,17). The first-order chi connectivity index (χ1) is 8.06. The minimum absolute atomic E-state index is 0.0594. The van der Waals surface area contributed by atoms with Crippen molar-refractivity contribution >= 4 is 11.0 Å². The normalized spacial score (nSPS) is 17.2. The van der Waals surface area contributed by atoms with Gasteiger partial charge in [-0.2, -0.15) is 0 Å². The van der Waals surface area contributed by atoms with Crippen molar-refractivity contribution in [1.29, 1.82) is 0 Å². The van der Waals surface area contributed by atoms with Crippen LogP contribution in [0.4, 0.5) is 0 Å². The van der Waals surface area contributed by atoms with Crippen LogP contribution in [0, 0.1) is 0 Å². The van der Waals surface area contributed by atoms with Crippen LogP contribution in [-0.4, -0.2) is 15.5 Å². The van der Waals surface area contributed by atoms with Crippen LogP contribution in [0.5, 0.6) is 0 Å². The number of aromatic amines is 2. The highest BCUT2D eigenvalue weighted by Crippen LogP contribution is 2.35. The molecule has 1 heterocycles. The van der Waals surface area contributed by atoms with Gasteiger partial charge in [0.05, 0.1) is 11.0 Å². The first kappa shape index (κ1) is 10.3. The van der Waals surface area contributed by atoms with E-state index in [1.807, 2.05) is 12.1 Å². The third-order valence-corrected chi connectivity index (χ3v) is 3.24. The zero-order valence-corrected chi connectivity index (χ0v) is 9.25. The Bertz CT molecular complexity index is 695. The maximum Gasteiger partial charge on any atom is 0.314 e. The minimum atomic E-state index is -0.622. The molecule has 1 aliphatic rings. The fourth-order valence-corrected chi connectivity index (χ4v) is 2.02. The number of H-pyrrole nitrogens is 2. The van der Waals surface area contributed by atoms with Gasteiger partial charge in [-0.25, -0.2) is 0 Å². The summed E-state index contributed by atoms with van der Waals surface area (Å²) < 4.78 is 0. The molecule has 0 aliphatic heterocycles. The Balaban J connectivity index is 2.09. The molecule has 0 unspecified atom stereocenters. The van der Waals surface area contributed by atoms with Crippen molar-refractivity contribution < 1.29 is 0 Å². The number of hydrogen-bond acceptors (Lipinski definition) is 3. The maximum atomic E-state index is 11.2. The van der Waals surface area contributed by atoms with Gasteiger partial charge in [-0.05, 0) is 37.0 Å². The summed E-state index contributed by atoms with van der Waals surface area (Å²) in [6.45, 7) is 0. The SMILES string of the molecule is NC1(Cc2ccc3[nH]c(=O)c(=O)[nH]c3c2)CC1. The molecule has 5 heteroatoms. The summed E-state index contributed by atoms with van der Waals surface area (Å²) in [5.41, 5.74) is 7.12. The van der Waals surface area contributed by atoms with Crippen LogP contribution in [0.2, 0.25) is 0 Å². The van der Waals surface area contributed by atoms with Crippen LogP contribution in [0.25, 0.3) is 11.0 Å². The Labute approximate surface area is 96.7 Å². The van der Waals surface area contributed by atoms with Gasteiger partial charge in [0.2, 0.25) is 0 Å². The van der Waals surface area contributed by atoms with E-state index < -0.39 is 11.1 Å². The average molecular weight is 231 g/mol. The summed E-state index contributed by atoms with van der Waals surface area (Å²) in [4.78, 5) is 27.5. The summed E-state index contributed by atoms with van der Waals surface area (Å²) in [7, 11) is 0. The second-order valence-corrected chi connectivity index (χ2v) is 4.83. The monoisotopic (exact) mass is 231 g/mol. The van der Waals surface area contributed by atoms with Gasteiger partial charge in [-0.3, -0.25) is 9.59 Å². The third-order valence-electron chi connectivity index (χ3n) is 3.24. The lowest BCUT2D eigenvalue weighted by Crippen LogP contribution is -2.29. The number of fused-ring (bicyclic) bond motifs is 1. The molecular weight excluding hydrogens is 218 g/mol. The van der Waals surface area contributed by atoms with E-state index in [2.05, 4.69) is 9.97 Å². The molecule has 88 valence electrons. The molecule has 0 amide bonds. The molecule has 0 saturated heterocycles. The number of rotatable bonds is 2. The van der Waals surface area contributed by atoms with Crippen LogP contribution in [0.1, 0.15) is 18.4 Å². The quantitative estimate of drug-likeness (QED) is 0.647. The molecular formula is C12H13N3O2. The lowest BCUT2D eigenvalue weighted by atomic mass is 10.0. The van der Waals surface area contributed by atoms with E-state index >= 15 is 0 Å². The Hall–Kier alpha value is -1.88. The van der Waals surface area contributed by atoms with Crippen molar-refractivity contribution in [2.75, 3.05) is 0 Å². The summed E-state index contributed by atoms with van der Waals surface area (Å²) in [5.74, 6) is 0. The first-order valence-electron chi connectivity index (χ1n) is 5.60. The summed E-state index contributed by atoms with van der Waals surface area (Å²) in [6, 6.07) is 5.61. The van der Waals surface area contributed by atoms with Crippen molar-refractivity contribution in [3.8, 4) is 0 Å². The molecule has 5 nitrogen and oxygen atoms in total. The highest BCUT2D eigenvalue weighted by atomic mass is 16.2. The lowest BCUT2D eigenvalue weighted by molar-refractivity contribution is 0.672. The predicted molar refractivity (Wildman–Crippen MR) is 65.0 cm³/mol. The number of hydrogen-bond donors (Lipinski definition) is 3. The predicted octanol–water partition coefficient (Wildman–Crippen LogP) is 0.250. The van der Waals surface area contributed by atoms with Gasteiger partial charge in [0, 0.05) is 5.54 Å². The van der Waals surface area contributed by atoms with Crippen molar-refractivity contribution in [3.63, 3.8) is 0 Å². The molecule has 1 aromatic heterocycles. The van der Waals surface area contributed by atoms with Gasteiger partial charge in [0.15, 0.2) is 0 Å². The molecule has 1 aromatic carbocycles. The maximum absolute atomic E-state index is 11.2. The summed E-state index contributed by atoms with van der Waals surface area (Å²) in [6.07, 6.45) is 2.91. The van der Waals surface area contributed by atoms with Crippen LogP contribution in [0.3, 0.4) is 0 Å². The smallest absolute Gasteiger partial charge is 0.314 e. The van der Waals surface area contributed by atoms with E-state index in [0.717, 1.165) is 24.8 Å². The van der Waals surface area contributed by atoms with Crippen LogP contribution >= 0.6 is 0 Å². The molecule has 3 rings (SSSR count). The Morgan fingerprint density at radius 3 is 2.41 bits per heavy atom.